The molecule has 0 aromatic carbocycles. The fourth-order valence-corrected chi connectivity index (χ4v) is 2.57. The van der Waals surface area contributed by atoms with Gasteiger partial charge < -0.3 is 14.0 Å². The van der Waals surface area contributed by atoms with Gasteiger partial charge in [0, 0.05) is 20.3 Å². The minimum Gasteiger partial charge on any atom is -0.463 e. The Labute approximate surface area is 91.5 Å². The molecule has 0 aliphatic heterocycles. The Bertz CT molecular complexity index is 186. The highest BCUT2D eigenvalue weighted by atomic mass is 28.3. The molecule has 15 heavy (non-hydrogen) atoms. The molecular weight excluding hydrogens is 218 g/mol. The van der Waals surface area contributed by atoms with Crippen LogP contribution in [0, 0.1) is 0 Å². The molecule has 1 atom stereocenters. The number of rotatable bonds is 7. The van der Waals surface area contributed by atoms with Crippen LogP contribution in [0.25, 0.3) is 0 Å². The van der Waals surface area contributed by atoms with Gasteiger partial charge in [0.25, 0.3) is 0 Å². The SMILES string of the molecule is CCO[SiH](OCC)C(C)ON(C)C(=O)O. The summed E-state index contributed by atoms with van der Waals surface area (Å²) < 4.78 is 10.8. The fraction of sp³-hybridized carbons (Fsp3) is 0.875. The highest BCUT2D eigenvalue weighted by molar-refractivity contribution is 6.45. The van der Waals surface area contributed by atoms with Gasteiger partial charge in [-0.1, -0.05) is 0 Å². The maximum absolute atomic E-state index is 10.5. The van der Waals surface area contributed by atoms with Gasteiger partial charge in [-0.25, -0.2) is 4.79 Å². The zero-order chi connectivity index (χ0) is 11.8. The molecule has 0 rings (SSSR count). The zero-order valence-electron chi connectivity index (χ0n) is 9.60. The van der Waals surface area contributed by atoms with E-state index in [2.05, 4.69) is 0 Å². The second kappa shape index (κ2) is 7.63. The zero-order valence-corrected chi connectivity index (χ0v) is 10.8. The molecule has 0 aromatic heterocycles. The largest absolute Gasteiger partial charge is 0.463 e. The number of carbonyl (C=O) groups is 1. The summed E-state index contributed by atoms with van der Waals surface area (Å²) in [7, 11) is -0.617. The van der Waals surface area contributed by atoms with Gasteiger partial charge in [-0.3, -0.25) is 4.84 Å². The van der Waals surface area contributed by atoms with E-state index in [4.69, 9.17) is 18.8 Å². The Morgan fingerprint density at radius 1 is 1.40 bits per heavy atom. The lowest BCUT2D eigenvalue weighted by atomic mass is 10.9. The van der Waals surface area contributed by atoms with E-state index in [0.29, 0.717) is 13.2 Å². The Morgan fingerprint density at radius 2 is 1.87 bits per heavy atom. The molecule has 0 aliphatic carbocycles. The van der Waals surface area contributed by atoms with E-state index in [0.717, 1.165) is 5.06 Å². The van der Waals surface area contributed by atoms with E-state index in [-0.39, 0.29) is 5.73 Å². The number of nitrogens with zero attached hydrogens (tertiary/aromatic N) is 1. The lowest BCUT2D eigenvalue weighted by Crippen LogP contribution is -2.42. The number of hydrogen-bond acceptors (Lipinski definition) is 4. The molecular formula is C8H19NO5Si. The first-order valence-corrected chi connectivity index (χ1v) is 6.50. The molecule has 0 aliphatic rings. The molecule has 0 spiro atoms. The summed E-state index contributed by atoms with van der Waals surface area (Å²) in [6.45, 7) is 6.57. The average molecular weight is 237 g/mol. The predicted molar refractivity (Wildman–Crippen MR) is 56.7 cm³/mol. The third-order valence-electron chi connectivity index (χ3n) is 1.64. The summed E-state index contributed by atoms with van der Waals surface area (Å²) >= 11 is 0. The van der Waals surface area contributed by atoms with Crippen molar-refractivity contribution < 1.29 is 23.6 Å². The van der Waals surface area contributed by atoms with Gasteiger partial charge in [-0.2, -0.15) is 5.06 Å². The van der Waals surface area contributed by atoms with Crippen molar-refractivity contribution in [1.82, 2.24) is 5.06 Å². The summed E-state index contributed by atoms with van der Waals surface area (Å²) in [6.07, 6.45) is -1.14. The second-order valence-corrected chi connectivity index (χ2v) is 5.21. The molecule has 1 N–H and O–H groups in total. The maximum Gasteiger partial charge on any atom is 0.431 e. The first-order valence-electron chi connectivity index (χ1n) is 4.89. The normalized spacial score (nSPS) is 12.9. The van der Waals surface area contributed by atoms with E-state index in [9.17, 15) is 4.79 Å². The molecule has 0 heterocycles. The van der Waals surface area contributed by atoms with E-state index in [1.807, 2.05) is 13.8 Å². The summed E-state index contributed by atoms with van der Waals surface area (Å²) in [5, 5.41) is 9.37. The van der Waals surface area contributed by atoms with Crippen molar-refractivity contribution >= 4 is 15.4 Å². The molecule has 0 fully saturated rings. The van der Waals surface area contributed by atoms with E-state index in [1.165, 1.54) is 7.05 Å². The lowest BCUT2D eigenvalue weighted by Gasteiger charge is -2.24. The highest BCUT2D eigenvalue weighted by Crippen LogP contribution is 2.03. The second-order valence-electron chi connectivity index (χ2n) is 2.87. The van der Waals surface area contributed by atoms with Crippen LogP contribution in [-0.2, 0) is 13.7 Å². The lowest BCUT2D eigenvalue weighted by molar-refractivity contribution is -0.134. The highest BCUT2D eigenvalue weighted by Gasteiger charge is 2.25. The monoisotopic (exact) mass is 237 g/mol. The molecule has 90 valence electrons. The first kappa shape index (κ1) is 14.4. The summed E-state index contributed by atoms with van der Waals surface area (Å²) in [4.78, 5) is 15.6. The van der Waals surface area contributed by atoms with E-state index < -0.39 is 15.4 Å². The van der Waals surface area contributed by atoms with Crippen LogP contribution in [0.1, 0.15) is 20.8 Å². The third-order valence-corrected chi connectivity index (χ3v) is 3.85. The minimum absolute atomic E-state index is 0.342. The molecule has 0 radical (unpaired) electrons. The van der Waals surface area contributed by atoms with Crippen molar-refractivity contribution in [3.8, 4) is 0 Å². The van der Waals surface area contributed by atoms with Gasteiger partial charge in [-0.05, 0) is 20.8 Å². The fourth-order valence-electron chi connectivity index (χ4n) is 0.992. The summed E-state index contributed by atoms with van der Waals surface area (Å²) in [5.74, 6) is 0. The molecule has 6 nitrogen and oxygen atoms in total. The van der Waals surface area contributed by atoms with Crippen molar-refractivity contribution in [2.24, 2.45) is 0 Å². The quantitative estimate of drug-likeness (QED) is 0.522. The van der Waals surface area contributed by atoms with Crippen molar-refractivity contribution in [2.75, 3.05) is 20.3 Å². The number of carboxylic acid groups (broad SMARTS) is 1. The van der Waals surface area contributed by atoms with Gasteiger partial charge >= 0.3 is 15.4 Å². The van der Waals surface area contributed by atoms with Crippen molar-refractivity contribution in [3.05, 3.63) is 0 Å². The summed E-state index contributed by atoms with van der Waals surface area (Å²) in [5.41, 5.74) is -0.342. The standard InChI is InChI=1S/C8H19NO5Si/c1-5-12-15(13-6-2)7(3)14-9(4)8(10)11/h7,15H,5-6H2,1-4H3,(H,10,11). The Kier molecular flexibility index (Phi) is 7.31. The first-order chi connectivity index (χ1) is 7.02. The molecule has 0 saturated heterocycles. The van der Waals surface area contributed by atoms with Crippen LogP contribution in [0.2, 0.25) is 0 Å². The predicted octanol–water partition coefficient (Wildman–Crippen LogP) is 0.749. The maximum atomic E-state index is 10.5. The molecule has 0 saturated carbocycles. The van der Waals surface area contributed by atoms with Gasteiger partial charge in [0.2, 0.25) is 0 Å². The van der Waals surface area contributed by atoms with Crippen molar-refractivity contribution in [3.63, 3.8) is 0 Å². The van der Waals surface area contributed by atoms with Crippen LogP contribution in [0.3, 0.4) is 0 Å². The van der Waals surface area contributed by atoms with Crippen LogP contribution in [0.5, 0.6) is 0 Å². The molecule has 0 aromatic rings. The van der Waals surface area contributed by atoms with Crippen LogP contribution in [0.4, 0.5) is 4.79 Å². The molecule has 1 unspecified atom stereocenters. The van der Waals surface area contributed by atoms with Gasteiger partial charge in [0.15, 0.2) is 0 Å². The topological polar surface area (TPSA) is 68.2 Å². The summed E-state index contributed by atoms with van der Waals surface area (Å²) in [6, 6.07) is 0. The van der Waals surface area contributed by atoms with Crippen molar-refractivity contribution in [2.45, 2.75) is 26.5 Å². The Hall–Kier alpha value is -0.633. The van der Waals surface area contributed by atoms with Gasteiger partial charge in [0.1, 0.15) is 5.73 Å². The Morgan fingerprint density at radius 3 is 2.20 bits per heavy atom. The Balaban J connectivity index is 4.11. The molecule has 7 heteroatoms. The van der Waals surface area contributed by atoms with Crippen LogP contribution in [0.15, 0.2) is 0 Å². The molecule has 1 amide bonds. The van der Waals surface area contributed by atoms with E-state index >= 15 is 0 Å². The van der Waals surface area contributed by atoms with Crippen LogP contribution >= 0.6 is 0 Å². The van der Waals surface area contributed by atoms with Crippen molar-refractivity contribution in [1.29, 1.82) is 0 Å². The van der Waals surface area contributed by atoms with Gasteiger partial charge in [-0.15, -0.1) is 0 Å². The number of hydrogen-bond donors (Lipinski definition) is 1. The van der Waals surface area contributed by atoms with Gasteiger partial charge in [0.05, 0.1) is 0 Å². The molecule has 0 bridgehead atoms. The minimum atomic E-state index is -1.95. The third kappa shape index (κ3) is 5.73. The average Bonchev–Trinajstić information content (AvgIpc) is 2.17. The smallest absolute Gasteiger partial charge is 0.431 e. The van der Waals surface area contributed by atoms with E-state index in [1.54, 1.807) is 6.92 Å². The number of hydroxylamine groups is 2. The van der Waals surface area contributed by atoms with Crippen LogP contribution < -0.4 is 0 Å². The number of amides is 1. The van der Waals surface area contributed by atoms with Crippen LogP contribution in [-0.4, -0.2) is 51.5 Å².